The number of rotatable bonds is 6. The number of hydrogen-bond donors (Lipinski definition) is 2. The molecule has 0 unspecified atom stereocenters. The molecule has 0 bridgehead atoms. The van der Waals surface area contributed by atoms with Crippen LogP contribution in [0.5, 0.6) is 0 Å². The molecule has 1 aliphatic heterocycles. The molecule has 0 saturated carbocycles. The number of hydrogen-bond acceptors (Lipinski definition) is 5. The monoisotopic (exact) mass is 359 g/mol. The van der Waals surface area contributed by atoms with Gasteiger partial charge in [0, 0.05) is 29.7 Å². The van der Waals surface area contributed by atoms with E-state index in [1.807, 2.05) is 36.6 Å². The lowest BCUT2D eigenvalue weighted by Crippen LogP contribution is -2.26. The number of nitrogens with one attached hydrogen (secondary N) is 2. The van der Waals surface area contributed by atoms with E-state index in [0.717, 1.165) is 36.2 Å². The molecule has 132 valence electrons. The van der Waals surface area contributed by atoms with Crippen LogP contribution in [0.15, 0.2) is 29.6 Å². The van der Waals surface area contributed by atoms with Gasteiger partial charge in [0.1, 0.15) is 6.10 Å². The molecular formula is C18H21N3O3S. The Morgan fingerprint density at radius 1 is 1.28 bits per heavy atom. The van der Waals surface area contributed by atoms with Gasteiger partial charge in [-0.2, -0.15) is 0 Å². The van der Waals surface area contributed by atoms with Gasteiger partial charge in [0.2, 0.25) is 5.91 Å². The highest BCUT2D eigenvalue weighted by molar-refractivity contribution is 7.14. The number of aromatic nitrogens is 1. The Morgan fingerprint density at radius 2 is 2.08 bits per heavy atom. The van der Waals surface area contributed by atoms with E-state index in [1.54, 1.807) is 0 Å². The van der Waals surface area contributed by atoms with Gasteiger partial charge in [-0.25, -0.2) is 4.98 Å². The minimum Gasteiger partial charge on any atom is -0.368 e. The Bertz CT molecular complexity index is 736. The van der Waals surface area contributed by atoms with Crippen molar-refractivity contribution >= 4 is 34.0 Å². The van der Waals surface area contributed by atoms with Crippen molar-refractivity contribution in [2.45, 2.75) is 38.7 Å². The maximum Gasteiger partial charge on any atom is 0.255 e. The molecule has 0 radical (unpaired) electrons. The third-order valence-corrected chi connectivity index (χ3v) is 4.66. The molecule has 2 N–H and O–H groups in total. The lowest BCUT2D eigenvalue weighted by atomic mass is 10.1. The minimum atomic E-state index is -0.363. The van der Waals surface area contributed by atoms with Crippen LogP contribution in [0.3, 0.4) is 0 Å². The Labute approximate surface area is 150 Å². The molecule has 7 heteroatoms. The van der Waals surface area contributed by atoms with E-state index < -0.39 is 0 Å². The van der Waals surface area contributed by atoms with Crippen LogP contribution in [-0.2, 0) is 14.3 Å². The fourth-order valence-electron chi connectivity index (χ4n) is 2.61. The van der Waals surface area contributed by atoms with Gasteiger partial charge < -0.3 is 10.1 Å². The molecule has 2 aromatic rings. The van der Waals surface area contributed by atoms with Crippen molar-refractivity contribution in [3.05, 3.63) is 29.6 Å². The Morgan fingerprint density at radius 3 is 2.76 bits per heavy atom. The minimum absolute atomic E-state index is 0.0167. The molecule has 3 rings (SSSR count). The van der Waals surface area contributed by atoms with Gasteiger partial charge in [0.25, 0.3) is 5.91 Å². The summed E-state index contributed by atoms with van der Waals surface area (Å²) in [5.41, 5.74) is 2.49. The molecule has 1 aromatic heterocycles. The van der Waals surface area contributed by atoms with Crippen LogP contribution in [0.1, 0.15) is 32.6 Å². The largest absolute Gasteiger partial charge is 0.368 e. The molecule has 6 nitrogen and oxygen atoms in total. The van der Waals surface area contributed by atoms with Crippen molar-refractivity contribution in [2.24, 2.45) is 0 Å². The van der Waals surface area contributed by atoms with Crippen LogP contribution < -0.4 is 10.6 Å². The topological polar surface area (TPSA) is 80.3 Å². The van der Waals surface area contributed by atoms with E-state index in [9.17, 15) is 9.59 Å². The van der Waals surface area contributed by atoms with Crippen molar-refractivity contribution in [3.63, 3.8) is 0 Å². The molecule has 2 amide bonds. The van der Waals surface area contributed by atoms with E-state index >= 15 is 0 Å². The predicted molar refractivity (Wildman–Crippen MR) is 98.7 cm³/mol. The summed E-state index contributed by atoms with van der Waals surface area (Å²) in [6, 6.07) is 7.52. The van der Waals surface area contributed by atoms with Crippen LogP contribution >= 0.6 is 11.3 Å². The quantitative estimate of drug-likeness (QED) is 0.825. The van der Waals surface area contributed by atoms with Crippen LogP contribution in [0.4, 0.5) is 10.8 Å². The highest BCUT2D eigenvalue weighted by Crippen LogP contribution is 2.26. The lowest BCUT2D eigenvalue weighted by Gasteiger charge is -2.07. The lowest BCUT2D eigenvalue weighted by molar-refractivity contribution is -0.124. The van der Waals surface area contributed by atoms with Crippen molar-refractivity contribution in [3.8, 4) is 11.3 Å². The van der Waals surface area contributed by atoms with Crippen molar-refractivity contribution in [2.75, 3.05) is 17.2 Å². The van der Waals surface area contributed by atoms with E-state index in [-0.39, 0.29) is 17.9 Å². The fraction of sp³-hybridized carbons (Fsp3) is 0.389. The van der Waals surface area contributed by atoms with Crippen LogP contribution in [-0.4, -0.2) is 29.5 Å². The van der Waals surface area contributed by atoms with Gasteiger partial charge in [0.15, 0.2) is 5.13 Å². The molecule has 1 aliphatic rings. The molecule has 1 atom stereocenters. The summed E-state index contributed by atoms with van der Waals surface area (Å²) in [5, 5.41) is 8.13. The average molecular weight is 359 g/mol. The van der Waals surface area contributed by atoms with Gasteiger partial charge in [-0.05, 0) is 31.4 Å². The van der Waals surface area contributed by atoms with Crippen LogP contribution in [0.2, 0.25) is 0 Å². The number of benzene rings is 1. The predicted octanol–water partition coefficient (Wildman–Crippen LogP) is 3.67. The first-order valence-electron chi connectivity index (χ1n) is 8.44. The van der Waals surface area contributed by atoms with Gasteiger partial charge in [-0.15, -0.1) is 11.3 Å². The molecule has 1 saturated heterocycles. The van der Waals surface area contributed by atoms with Crippen molar-refractivity contribution in [1.82, 2.24) is 4.98 Å². The zero-order valence-corrected chi connectivity index (χ0v) is 14.9. The second-order valence-corrected chi connectivity index (χ2v) is 6.76. The normalized spacial score (nSPS) is 16.6. The molecule has 1 fully saturated rings. The maximum absolute atomic E-state index is 12.1. The zero-order valence-electron chi connectivity index (χ0n) is 14.1. The highest BCUT2D eigenvalue weighted by atomic mass is 32.1. The second kappa shape index (κ2) is 8.22. The Kier molecular flexibility index (Phi) is 5.78. The summed E-state index contributed by atoms with van der Waals surface area (Å²) in [5.74, 6) is -0.115. The van der Waals surface area contributed by atoms with Crippen molar-refractivity contribution in [1.29, 1.82) is 0 Å². The summed E-state index contributed by atoms with van der Waals surface area (Å²) in [6.45, 7) is 2.61. The summed E-state index contributed by atoms with van der Waals surface area (Å²) < 4.78 is 5.37. The zero-order chi connectivity index (χ0) is 17.6. The van der Waals surface area contributed by atoms with Crippen LogP contribution in [0, 0.1) is 0 Å². The van der Waals surface area contributed by atoms with Gasteiger partial charge in [0.05, 0.1) is 5.69 Å². The molecular weight excluding hydrogens is 338 g/mol. The molecule has 25 heavy (non-hydrogen) atoms. The number of anilines is 2. The number of nitrogens with zero attached hydrogens (tertiary/aromatic N) is 1. The van der Waals surface area contributed by atoms with E-state index in [4.69, 9.17) is 4.74 Å². The number of amides is 2. The van der Waals surface area contributed by atoms with Crippen LogP contribution in [0.25, 0.3) is 11.3 Å². The summed E-state index contributed by atoms with van der Waals surface area (Å²) in [7, 11) is 0. The van der Waals surface area contributed by atoms with Gasteiger partial charge in [-0.1, -0.05) is 19.1 Å². The van der Waals surface area contributed by atoms with Gasteiger partial charge in [-0.3, -0.25) is 14.9 Å². The smallest absolute Gasteiger partial charge is 0.255 e. The van der Waals surface area contributed by atoms with E-state index in [1.165, 1.54) is 11.3 Å². The summed E-state index contributed by atoms with van der Waals surface area (Å²) in [4.78, 5) is 28.1. The summed E-state index contributed by atoms with van der Waals surface area (Å²) in [6.07, 6.45) is 2.65. The van der Waals surface area contributed by atoms with Crippen molar-refractivity contribution < 1.29 is 14.3 Å². The third-order valence-electron chi connectivity index (χ3n) is 3.90. The molecule has 2 heterocycles. The number of carbonyl (C=O) groups excluding carboxylic acids is 2. The SMILES string of the molecule is CCCC(=O)Nc1ccc(-c2csc(NC(=O)[C@@H]3CCCO3)n2)cc1. The first kappa shape index (κ1) is 17.6. The summed E-state index contributed by atoms with van der Waals surface area (Å²) >= 11 is 1.38. The third kappa shape index (κ3) is 4.64. The van der Waals surface area contributed by atoms with E-state index in [0.29, 0.717) is 18.2 Å². The second-order valence-electron chi connectivity index (χ2n) is 5.90. The van der Waals surface area contributed by atoms with E-state index in [2.05, 4.69) is 15.6 Å². The number of ether oxygens (including phenoxy) is 1. The average Bonchev–Trinajstić information content (AvgIpc) is 3.27. The standard InChI is InChI=1S/C18H21N3O3S/c1-2-4-16(22)19-13-8-6-12(7-9-13)14-11-25-18(20-14)21-17(23)15-5-3-10-24-15/h6-9,11,15H,2-5,10H2,1H3,(H,19,22)(H,20,21,23)/t15-/m0/s1. The Hall–Kier alpha value is -2.25. The molecule has 1 aromatic carbocycles. The highest BCUT2D eigenvalue weighted by Gasteiger charge is 2.24. The molecule has 0 aliphatic carbocycles. The number of carbonyl (C=O) groups is 2. The number of thiazole rings is 1. The Balaban J connectivity index is 1.61. The fourth-order valence-corrected chi connectivity index (χ4v) is 3.33. The van der Waals surface area contributed by atoms with Gasteiger partial charge >= 0.3 is 0 Å². The molecule has 0 spiro atoms. The first-order chi connectivity index (χ1) is 12.2. The maximum atomic E-state index is 12.1. The first-order valence-corrected chi connectivity index (χ1v) is 9.32.